The van der Waals surface area contributed by atoms with Crippen LogP contribution in [-0.2, 0) is 25.6 Å². The lowest BCUT2D eigenvalue weighted by Gasteiger charge is -2.34. The predicted octanol–water partition coefficient (Wildman–Crippen LogP) is 2.35. The van der Waals surface area contributed by atoms with Gasteiger partial charge in [-0.1, -0.05) is 30.3 Å². The van der Waals surface area contributed by atoms with Crippen LogP contribution in [-0.4, -0.2) is 41.9 Å². The molecule has 0 amide bonds. The topological polar surface area (TPSA) is 87.9 Å². The van der Waals surface area contributed by atoms with Crippen molar-refractivity contribution in [2.24, 2.45) is 0 Å². The number of rotatable bonds is 7. The van der Waals surface area contributed by atoms with Crippen LogP contribution in [0, 0.1) is 10.1 Å². The van der Waals surface area contributed by atoms with E-state index in [2.05, 4.69) is 0 Å². The van der Waals surface area contributed by atoms with Crippen molar-refractivity contribution < 1.29 is 23.9 Å². The molecule has 7 heteroatoms. The minimum absolute atomic E-state index is 0.105. The summed E-state index contributed by atoms with van der Waals surface area (Å²) in [6, 6.07) is 8.28. The smallest absolute Gasteiger partial charge is 0.384 e. The van der Waals surface area contributed by atoms with E-state index in [-0.39, 0.29) is 18.8 Å². The number of carbonyl (C=O) groups is 1. The molecule has 1 unspecified atom stereocenters. The monoisotopic (exact) mass is 337 g/mol. The van der Waals surface area contributed by atoms with Gasteiger partial charge in [0.2, 0.25) is 0 Å². The van der Waals surface area contributed by atoms with Crippen LogP contribution in [0.15, 0.2) is 30.3 Å². The summed E-state index contributed by atoms with van der Waals surface area (Å²) in [4.78, 5) is 22.4. The van der Waals surface area contributed by atoms with Gasteiger partial charge in [-0.15, -0.1) is 0 Å². The molecule has 1 fully saturated rings. The highest BCUT2D eigenvalue weighted by Crippen LogP contribution is 2.26. The van der Waals surface area contributed by atoms with Crippen molar-refractivity contribution in [3.8, 4) is 0 Å². The summed E-state index contributed by atoms with van der Waals surface area (Å²) in [6.07, 6.45) is -0.289. The molecule has 7 nitrogen and oxygen atoms in total. The largest absolute Gasteiger partial charge is 0.461 e. The van der Waals surface area contributed by atoms with Gasteiger partial charge in [-0.05, 0) is 32.3 Å². The molecule has 1 aromatic rings. The molecule has 0 spiro atoms. The molecule has 1 aliphatic heterocycles. The number of esters is 1. The van der Waals surface area contributed by atoms with E-state index < -0.39 is 23.0 Å². The van der Waals surface area contributed by atoms with E-state index in [0.717, 1.165) is 5.56 Å². The molecule has 4 atom stereocenters. The molecule has 132 valence electrons. The molecule has 24 heavy (non-hydrogen) atoms. The Kier molecular flexibility index (Phi) is 6.69. The summed E-state index contributed by atoms with van der Waals surface area (Å²) in [5, 5.41) is 11.2. The van der Waals surface area contributed by atoms with Crippen molar-refractivity contribution in [2.45, 2.75) is 57.6 Å². The normalized spacial score (nSPS) is 25.0. The molecule has 0 aliphatic carbocycles. The summed E-state index contributed by atoms with van der Waals surface area (Å²) in [7, 11) is 0. The van der Waals surface area contributed by atoms with Crippen LogP contribution in [0.5, 0.6) is 0 Å². The first-order valence-electron chi connectivity index (χ1n) is 8.14. The summed E-state index contributed by atoms with van der Waals surface area (Å²) in [5.74, 6) is -0.844. The first kappa shape index (κ1) is 18.4. The zero-order valence-electron chi connectivity index (χ0n) is 13.9. The molecule has 0 bridgehead atoms. The highest BCUT2D eigenvalue weighted by molar-refractivity contribution is 5.75. The van der Waals surface area contributed by atoms with Gasteiger partial charge in [0.05, 0.1) is 25.4 Å². The van der Waals surface area contributed by atoms with Gasteiger partial charge in [0.25, 0.3) is 0 Å². The minimum Gasteiger partial charge on any atom is -0.461 e. The Labute approximate surface area is 141 Å². The zero-order chi connectivity index (χ0) is 17.5. The number of benzene rings is 1. The third-order valence-electron chi connectivity index (χ3n) is 4.06. The summed E-state index contributed by atoms with van der Waals surface area (Å²) < 4.78 is 16.4. The van der Waals surface area contributed by atoms with Crippen LogP contribution < -0.4 is 0 Å². The Hall–Kier alpha value is -1.99. The Morgan fingerprint density at radius 3 is 2.67 bits per heavy atom. The van der Waals surface area contributed by atoms with Gasteiger partial charge >= 0.3 is 12.0 Å². The maximum atomic E-state index is 11.8. The van der Waals surface area contributed by atoms with E-state index in [1.54, 1.807) is 6.92 Å². The number of nitro groups is 1. The lowest BCUT2D eigenvalue weighted by molar-refractivity contribution is -0.525. The highest BCUT2D eigenvalue weighted by atomic mass is 16.6. The summed E-state index contributed by atoms with van der Waals surface area (Å²) >= 11 is 0. The van der Waals surface area contributed by atoms with Crippen molar-refractivity contribution in [3.63, 3.8) is 0 Å². The second-order valence-corrected chi connectivity index (χ2v) is 5.77. The van der Waals surface area contributed by atoms with Gasteiger partial charge in [-0.25, -0.2) is 4.79 Å². The highest BCUT2D eigenvalue weighted by Gasteiger charge is 2.45. The molecule has 0 aromatic heterocycles. The van der Waals surface area contributed by atoms with Crippen LogP contribution in [0.1, 0.15) is 32.3 Å². The third-order valence-corrected chi connectivity index (χ3v) is 4.06. The number of hydrogen-bond donors (Lipinski definition) is 0. The van der Waals surface area contributed by atoms with Gasteiger partial charge < -0.3 is 14.2 Å². The van der Waals surface area contributed by atoms with E-state index in [1.807, 2.05) is 37.3 Å². The van der Waals surface area contributed by atoms with E-state index >= 15 is 0 Å². The van der Waals surface area contributed by atoms with Crippen molar-refractivity contribution >= 4 is 5.97 Å². The maximum Gasteiger partial charge on any atom is 0.384 e. The minimum atomic E-state index is -1.48. The molecule has 0 radical (unpaired) electrons. The van der Waals surface area contributed by atoms with E-state index in [1.165, 1.54) is 0 Å². The maximum absolute atomic E-state index is 11.8. The van der Waals surface area contributed by atoms with Crippen LogP contribution in [0.2, 0.25) is 0 Å². The Morgan fingerprint density at radius 1 is 1.38 bits per heavy atom. The lowest BCUT2D eigenvalue weighted by Crippen LogP contribution is -2.49. The van der Waals surface area contributed by atoms with E-state index in [4.69, 9.17) is 14.2 Å². The van der Waals surface area contributed by atoms with Crippen molar-refractivity contribution in [1.29, 1.82) is 0 Å². The molecular formula is C17H23NO6. The first-order chi connectivity index (χ1) is 11.5. The fraction of sp³-hybridized carbons (Fsp3) is 0.588. The molecule has 0 saturated carbocycles. The molecule has 0 N–H and O–H groups in total. The Balaban J connectivity index is 1.91. The molecular weight excluding hydrogens is 314 g/mol. The second-order valence-electron chi connectivity index (χ2n) is 5.77. The van der Waals surface area contributed by atoms with E-state index in [0.29, 0.717) is 19.4 Å². The molecule has 1 saturated heterocycles. The SMILES string of the molecule is CCOC(=O)C([C@H]1CC[C@@H](OCc2ccccc2)[C@H](C)O1)[N+](=O)[O-]. The lowest BCUT2D eigenvalue weighted by atomic mass is 9.97. The summed E-state index contributed by atoms with van der Waals surface area (Å²) in [6.45, 7) is 3.99. The van der Waals surface area contributed by atoms with Crippen LogP contribution in [0.4, 0.5) is 0 Å². The average molecular weight is 337 g/mol. The van der Waals surface area contributed by atoms with Crippen molar-refractivity contribution in [2.75, 3.05) is 6.61 Å². The first-order valence-corrected chi connectivity index (χ1v) is 8.14. The second kappa shape index (κ2) is 8.75. The molecule has 1 aromatic carbocycles. The molecule has 2 rings (SSSR count). The molecule has 1 aliphatic rings. The predicted molar refractivity (Wildman–Crippen MR) is 86.0 cm³/mol. The fourth-order valence-electron chi connectivity index (χ4n) is 2.82. The van der Waals surface area contributed by atoms with Gasteiger partial charge in [0, 0.05) is 4.92 Å². The van der Waals surface area contributed by atoms with Gasteiger partial charge in [0.15, 0.2) is 0 Å². The molecule has 1 heterocycles. The van der Waals surface area contributed by atoms with Crippen LogP contribution in [0.25, 0.3) is 0 Å². The fourth-order valence-corrected chi connectivity index (χ4v) is 2.82. The van der Waals surface area contributed by atoms with Gasteiger partial charge in [0.1, 0.15) is 6.10 Å². The summed E-state index contributed by atoms with van der Waals surface area (Å²) in [5.41, 5.74) is 1.06. The van der Waals surface area contributed by atoms with E-state index in [9.17, 15) is 14.9 Å². The standard InChI is InChI=1S/C17H23NO6/c1-3-22-17(19)16(18(20)21)15-10-9-14(12(2)24-15)23-11-13-7-5-4-6-8-13/h4-8,12,14-16H,3,9-11H2,1-2H3/t12-,14+,15+,16?/m0/s1. The van der Waals surface area contributed by atoms with Crippen molar-refractivity contribution in [3.05, 3.63) is 46.0 Å². The number of carbonyl (C=O) groups excluding carboxylic acids is 1. The van der Waals surface area contributed by atoms with Crippen LogP contribution >= 0.6 is 0 Å². The van der Waals surface area contributed by atoms with Crippen LogP contribution in [0.3, 0.4) is 0 Å². The number of ether oxygens (including phenoxy) is 3. The zero-order valence-corrected chi connectivity index (χ0v) is 13.9. The van der Waals surface area contributed by atoms with Gasteiger partial charge in [-0.2, -0.15) is 0 Å². The number of hydrogen-bond acceptors (Lipinski definition) is 6. The van der Waals surface area contributed by atoms with Gasteiger partial charge in [-0.3, -0.25) is 10.1 Å². The number of nitrogens with zero attached hydrogens (tertiary/aromatic N) is 1. The van der Waals surface area contributed by atoms with Crippen molar-refractivity contribution in [1.82, 2.24) is 0 Å². The Bertz CT molecular complexity index is 549. The Morgan fingerprint density at radius 2 is 2.08 bits per heavy atom. The quantitative estimate of drug-likeness (QED) is 0.431. The average Bonchev–Trinajstić information content (AvgIpc) is 2.55. The third kappa shape index (κ3) is 4.75.